The Kier molecular flexibility index (Phi) is 6.68. The summed E-state index contributed by atoms with van der Waals surface area (Å²) < 4.78 is 6.88. The zero-order chi connectivity index (χ0) is 21.7. The molecule has 2 aliphatic rings. The molecular formula is C25H34N3O3+. The molecule has 2 unspecified atom stereocenters. The predicted molar refractivity (Wildman–Crippen MR) is 118 cm³/mol. The summed E-state index contributed by atoms with van der Waals surface area (Å²) in [5, 5.41) is 11.7. The third kappa shape index (κ3) is 4.96. The zero-order valence-electron chi connectivity index (χ0n) is 18.4. The van der Waals surface area contributed by atoms with Crippen molar-refractivity contribution in [2.45, 2.75) is 56.7 Å². The van der Waals surface area contributed by atoms with Crippen molar-refractivity contribution in [3.05, 3.63) is 60.2 Å². The highest BCUT2D eigenvalue weighted by Crippen LogP contribution is 2.42. The van der Waals surface area contributed by atoms with E-state index in [4.69, 9.17) is 4.74 Å². The summed E-state index contributed by atoms with van der Waals surface area (Å²) in [5.41, 5.74) is 0.136. The number of ether oxygens (including phenoxy) is 1. The molecule has 2 heterocycles. The number of rotatable bonds is 7. The Morgan fingerprint density at radius 3 is 2.65 bits per heavy atom. The molecule has 1 aliphatic heterocycles. The first kappa shape index (κ1) is 21.9. The number of hydrogen-bond acceptors (Lipinski definition) is 5. The van der Waals surface area contributed by atoms with Crippen molar-refractivity contribution < 1.29 is 19.1 Å². The Balaban J connectivity index is 1.44. The standard InChI is InChI=1S/C25H34N3O3/c1-28(17-14-22-13-15-26-19-27-22)16-7-12-23(18-28)31-24(29)25(30,21-10-5-6-11-21)20-8-3-2-4-9-20/h2-4,8-9,13,15,19,21,23,30H,5-7,10-12,14,16-18H2,1H3/q+1/t23?,25?,28-/m1/s1. The Hall–Kier alpha value is -2.31. The number of likely N-dealkylation sites (tertiary alicyclic amines) is 1. The monoisotopic (exact) mass is 424 g/mol. The normalized spacial score (nSPS) is 26.3. The predicted octanol–water partition coefficient (Wildman–Crippen LogP) is 3.25. The molecule has 4 rings (SSSR count). The number of hydrogen-bond donors (Lipinski definition) is 1. The fraction of sp³-hybridized carbons (Fsp3) is 0.560. The zero-order valence-corrected chi connectivity index (χ0v) is 18.4. The number of quaternary nitrogens is 1. The molecular weight excluding hydrogens is 390 g/mol. The summed E-state index contributed by atoms with van der Waals surface area (Å²) in [4.78, 5) is 21.7. The van der Waals surface area contributed by atoms with Gasteiger partial charge in [0, 0.05) is 30.7 Å². The number of aliphatic hydroxyl groups is 1. The van der Waals surface area contributed by atoms with Crippen LogP contribution in [0.5, 0.6) is 0 Å². The van der Waals surface area contributed by atoms with Gasteiger partial charge in [0.25, 0.3) is 0 Å². The van der Waals surface area contributed by atoms with Crippen molar-refractivity contribution in [3.63, 3.8) is 0 Å². The molecule has 31 heavy (non-hydrogen) atoms. The Bertz CT molecular complexity index is 857. The van der Waals surface area contributed by atoms with Crippen LogP contribution in [0.3, 0.4) is 0 Å². The SMILES string of the molecule is C[N@+]1(CCc2ccncn2)CCCC(OC(=O)C(O)(c2ccccc2)C2CCCC2)C1. The minimum absolute atomic E-state index is 0.0790. The maximum Gasteiger partial charge on any atom is 0.343 e. The molecule has 0 radical (unpaired) electrons. The van der Waals surface area contributed by atoms with Crippen LogP contribution >= 0.6 is 0 Å². The van der Waals surface area contributed by atoms with Gasteiger partial charge in [0.2, 0.25) is 0 Å². The van der Waals surface area contributed by atoms with Crippen molar-refractivity contribution >= 4 is 5.97 Å². The van der Waals surface area contributed by atoms with Crippen molar-refractivity contribution in [2.24, 2.45) is 5.92 Å². The molecule has 1 aromatic carbocycles. The van der Waals surface area contributed by atoms with Gasteiger partial charge in [-0.25, -0.2) is 14.8 Å². The summed E-state index contributed by atoms with van der Waals surface area (Å²) in [5.74, 6) is -0.551. The Morgan fingerprint density at radius 1 is 1.16 bits per heavy atom. The fourth-order valence-electron chi connectivity index (χ4n) is 5.32. The lowest BCUT2D eigenvalue weighted by atomic mass is 9.80. The van der Waals surface area contributed by atoms with Gasteiger partial charge in [0.15, 0.2) is 11.7 Å². The smallest absolute Gasteiger partial charge is 0.343 e. The summed E-state index contributed by atoms with van der Waals surface area (Å²) >= 11 is 0. The number of benzene rings is 1. The number of likely N-dealkylation sites (N-methyl/N-ethyl adjacent to an activating group) is 1. The van der Waals surface area contributed by atoms with E-state index in [9.17, 15) is 9.90 Å². The molecule has 1 saturated carbocycles. The maximum atomic E-state index is 13.4. The summed E-state index contributed by atoms with van der Waals surface area (Å²) in [7, 11) is 2.22. The van der Waals surface area contributed by atoms with E-state index in [0.29, 0.717) is 5.56 Å². The minimum atomic E-state index is -1.56. The molecule has 1 N–H and O–H groups in total. The molecule has 0 amide bonds. The summed E-state index contributed by atoms with van der Waals surface area (Å²) in [6.45, 7) is 2.77. The maximum absolute atomic E-state index is 13.4. The summed E-state index contributed by atoms with van der Waals surface area (Å²) in [6, 6.07) is 11.3. The first-order valence-corrected chi connectivity index (χ1v) is 11.6. The molecule has 1 aromatic heterocycles. The third-order valence-corrected chi connectivity index (χ3v) is 7.16. The molecule has 3 atom stereocenters. The first-order valence-electron chi connectivity index (χ1n) is 11.6. The number of carbonyl (C=O) groups excluding carboxylic acids is 1. The second kappa shape index (κ2) is 9.45. The van der Waals surface area contributed by atoms with Crippen LogP contribution in [0.2, 0.25) is 0 Å². The molecule has 1 aliphatic carbocycles. The minimum Gasteiger partial charge on any atom is -0.454 e. The molecule has 0 spiro atoms. The van der Waals surface area contributed by atoms with Crippen molar-refractivity contribution in [3.8, 4) is 0 Å². The largest absolute Gasteiger partial charge is 0.454 e. The number of aromatic nitrogens is 2. The van der Waals surface area contributed by atoms with Gasteiger partial charge >= 0.3 is 5.97 Å². The van der Waals surface area contributed by atoms with Gasteiger partial charge in [0.1, 0.15) is 12.9 Å². The second-order valence-electron chi connectivity index (χ2n) is 9.48. The van der Waals surface area contributed by atoms with E-state index in [1.54, 1.807) is 12.5 Å². The van der Waals surface area contributed by atoms with Gasteiger partial charge in [-0.2, -0.15) is 0 Å². The molecule has 6 nitrogen and oxygen atoms in total. The Labute approximate surface area is 184 Å². The molecule has 1 saturated heterocycles. The van der Waals surface area contributed by atoms with Gasteiger partial charge in [-0.15, -0.1) is 0 Å². The van der Waals surface area contributed by atoms with E-state index in [0.717, 1.165) is 74.8 Å². The van der Waals surface area contributed by atoms with E-state index < -0.39 is 11.6 Å². The van der Waals surface area contributed by atoms with Crippen LogP contribution in [0, 0.1) is 5.92 Å². The highest BCUT2D eigenvalue weighted by atomic mass is 16.6. The van der Waals surface area contributed by atoms with E-state index in [2.05, 4.69) is 17.0 Å². The molecule has 2 aromatic rings. The van der Waals surface area contributed by atoms with Crippen LogP contribution in [-0.4, -0.2) is 58.3 Å². The van der Waals surface area contributed by atoms with E-state index >= 15 is 0 Å². The van der Waals surface area contributed by atoms with Gasteiger partial charge in [-0.1, -0.05) is 43.2 Å². The van der Waals surface area contributed by atoms with Gasteiger partial charge in [-0.3, -0.25) is 0 Å². The average Bonchev–Trinajstić information content (AvgIpc) is 3.34. The number of piperidine rings is 1. The first-order chi connectivity index (χ1) is 15.0. The number of nitrogens with zero attached hydrogens (tertiary/aromatic N) is 3. The lowest BCUT2D eigenvalue weighted by Crippen LogP contribution is -2.56. The fourth-order valence-corrected chi connectivity index (χ4v) is 5.32. The summed E-state index contributed by atoms with van der Waals surface area (Å²) in [6.07, 6.45) is 9.73. The number of carbonyl (C=O) groups is 1. The molecule has 0 bridgehead atoms. The lowest BCUT2D eigenvalue weighted by Gasteiger charge is -2.42. The second-order valence-corrected chi connectivity index (χ2v) is 9.48. The van der Waals surface area contributed by atoms with Gasteiger partial charge < -0.3 is 14.3 Å². The van der Waals surface area contributed by atoms with Crippen LogP contribution in [0.25, 0.3) is 0 Å². The van der Waals surface area contributed by atoms with Crippen molar-refractivity contribution in [2.75, 3.05) is 26.7 Å². The molecule has 2 fully saturated rings. The van der Waals surface area contributed by atoms with Crippen LogP contribution in [0.1, 0.15) is 49.8 Å². The van der Waals surface area contributed by atoms with Gasteiger partial charge in [-0.05, 0) is 30.9 Å². The molecule has 166 valence electrons. The average molecular weight is 425 g/mol. The van der Waals surface area contributed by atoms with Crippen LogP contribution in [-0.2, 0) is 21.6 Å². The van der Waals surface area contributed by atoms with Crippen molar-refractivity contribution in [1.29, 1.82) is 0 Å². The van der Waals surface area contributed by atoms with Crippen LogP contribution in [0.4, 0.5) is 0 Å². The van der Waals surface area contributed by atoms with E-state index in [1.807, 2.05) is 36.4 Å². The lowest BCUT2D eigenvalue weighted by molar-refractivity contribution is -0.916. The quantitative estimate of drug-likeness (QED) is 0.546. The Morgan fingerprint density at radius 2 is 1.94 bits per heavy atom. The van der Waals surface area contributed by atoms with Crippen LogP contribution in [0.15, 0.2) is 48.9 Å². The highest BCUT2D eigenvalue weighted by molar-refractivity contribution is 5.81. The van der Waals surface area contributed by atoms with Gasteiger partial charge in [0.05, 0.1) is 20.1 Å². The van der Waals surface area contributed by atoms with E-state index in [-0.39, 0.29) is 12.0 Å². The molecule has 6 heteroatoms. The third-order valence-electron chi connectivity index (χ3n) is 7.16. The van der Waals surface area contributed by atoms with E-state index in [1.165, 1.54) is 0 Å². The highest BCUT2D eigenvalue weighted by Gasteiger charge is 2.49. The van der Waals surface area contributed by atoms with Crippen molar-refractivity contribution in [1.82, 2.24) is 9.97 Å². The number of esters is 1. The van der Waals surface area contributed by atoms with Crippen LogP contribution < -0.4 is 0 Å². The topological polar surface area (TPSA) is 72.3 Å².